The van der Waals surface area contributed by atoms with Gasteiger partial charge in [-0.05, 0) is 37.0 Å². The van der Waals surface area contributed by atoms with Gasteiger partial charge < -0.3 is 21.1 Å². The van der Waals surface area contributed by atoms with Gasteiger partial charge >= 0.3 is 0 Å². The normalized spacial score (nSPS) is 21.6. The molecule has 1 amide bonds. The maximum Gasteiger partial charge on any atom is 0.251 e. The number of aliphatic hydroxyl groups excluding tert-OH is 1. The molecular weight excluding hydrogens is 242 g/mol. The van der Waals surface area contributed by atoms with Crippen molar-refractivity contribution in [1.29, 1.82) is 0 Å². The Labute approximate surface area is 113 Å². The van der Waals surface area contributed by atoms with E-state index in [0.29, 0.717) is 23.7 Å². The quantitative estimate of drug-likeness (QED) is 0.703. The van der Waals surface area contributed by atoms with Crippen molar-refractivity contribution in [2.24, 2.45) is 5.92 Å². The molecular formula is C14H21N3O2. The number of carbonyl (C=O) groups is 1. The molecule has 5 heteroatoms. The van der Waals surface area contributed by atoms with Crippen LogP contribution in [0.25, 0.3) is 0 Å². The summed E-state index contributed by atoms with van der Waals surface area (Å²) in [5.41, 5.74) is 7.98. The number of nitrogens with zero attached hydrogens (tertiary/aromatic N) is 1. The first-order valence-electron chi connectivity index (χ1n) is 6.50. The van der Waals surface area contributed by atoms with Gasteiger partial charge in [0.2, 0.25) is 0 Å². The van der Waals surface area contributed by atoms with Gasteiger partial charge in [0.1, 0.15) is 0 Å². The molecule has 4 N–H and O–H groups in total. The van der Waals surface area contributed by atoms with E-state index in [2.05, 4.69) is 5.32 Å². The summed E-state index contributed by atoms with van der Waals surface area (Å²) in [5.74, 6) is 0.288. The van der Waals surface area contributed by atoms with E-state index in [1.807, 2.05) is 25.1 Å². The first-order chi connectivity index (χ1) is 8.97. The van der Waals surface area contributed by atoms with Gasteiger partial charge in [0.15, 0.2) is 0 Å². The van der Waals surface area contributed by atoms with Gasteiger partial charge in [-0.2, -0.15) is 0 Å². The Hall–Kier alpha value is -1.75. The number of nitrogens with one attached hydrogen (secondary N) is 1. The molecule has 0 aliphatic heterocycles. The zero-order valence-corrected chi connectivity index (χ0v) is 11.4. The van der Waals surface area contributed by atoms with Gasteiger partial charge in [0, 0.05) is 26.2 Å². The van der Waals surface area contributed by atoms with Crippen molar-refractivity contribution in [1.82, 2.24) is 5.32 Å². The predicted octanol–water partition coefficient (Wildman–Crippen LogP) is 0.835. The van der Waals surface area contributed by atoms with Crippen LogP contribution in [0.3, 0.4) is 0 Å². The molecule has 0 spiro atoms. The average Bonchev–Trinajstić information content (AvgIpc) is 2.32. The summed E-state index contributed by atoms with van der Waals surface area (Å²) >= 11 is 0. The molecule has 1 aromatic carbocycles. The Morgan fingerprint density at radius 3 is 2.68 bits per heavy atom. The van der Waals surface area contributed by atoms with Crippen molar-refractivity contribution < 1.29 is 9.90 Å². The Morgan fingerprint density at radius 2 is 2.16 bits per heavy atom. The summed E-state index contributed by atoms with van der Waals surface area (Å²) in [4.78, 5) is 13.9. The molecule has 0 unspecified atom stereocenters. The van der Waals surface area contributed by atoms with Gasteiger partial charge in [0.25, 0.3) is 5.91 Å². The summed E-state index contributed by atoms with van der Waals surface area (Å²) in [6.07, 6.45) is 1.38. The molecule has 1 fully saturated rings. The molecule has 0 aromatic heterocycles. The molecule has 19 heavy (non-hydrogen) atoms. The van der Waals surface area contributed by atoms with Gasteiger partial charge in [-0.25, -0.2) is 0 Å². The van der Waals surface area contributed by atoms with E-state index in [1.54, 1.807) is 12.1 Å². The third-order valence-corrected chi connectivity index (χ3v) is 3.53. The van der Waals surface area contributed by atoms with Crippen molar-refractivity contribution in [2.75, 3.05) is 31.3 Å². The standard InChI is InChI=1S/C14H21N3O2/c1-17(2)13-4-3-10(7-12(13)15)14(19)16-8-9-5-11(18)6-9/h3-4,7,9,11,18H,5-6,8,15H2,1-2H3,(H,16,19). The van der Waals surface area contributed by atoms with Crippen LogP contribution >= 0.6 is 0 Å². The molecule has 1 aromatic rings. The lowest BCUT2D eigenvalue weighted by Crippen LogP contribution is -2.38. The third-order valence-electron chi connectivity index (χ3n) is 3.53. The van der Waals surface area contributed by atoms with E-state index >= 15 is 0 Å². The van der Waals surface area contributed by atoms with Crippen LogP contribution in [0.5, 0.6) is 0 Å². The van der Waals surface area contributed by atoms with E-state index in [0.717, 1.165) is 18.5 Å². The van der Waals surface area contributed by atoms with Crippen LogP contribution in [0.4, 0.5) is 11.4 Å². The van der Waals surface area contributed by atoms with E-state index in [9.17, 15) is 9.90 Å². The zero-order valence-electron chi connectivity index (χ0n) is 11.4. The second-order valence-electron chi connectivity index (χ2n) is 5.37. The summed E-state index contributed by atoms with van der Waals surface area (Å²) in [7, 11) is 3.82. The SMILES string of the molecule is CN(C)c1ccc(C(=O)NCC2CC(O)C2)cc1N. The van der Waals surface area contributed by atoms with Gasteiger partial charge in [-0.15, -0.1) is 0 Å². The maximum atomic E-state index is 12.0. The van der Waals surface area contributed by atoms with Crippen LogP contribution in [0, 0.1) is 5.92 Å². The smallest absolute Gasteiger partial charge is 0.251 e. The van der Waals surface area contributed by atoms with Crippen LogP contribution < -0.4 is 16.0 Å². The highest BCUT2D eigenvalue weighted by atomic mass is 16.3. The predicted molar refractivity (Wildman–Crippen MR) is 76.2 cm³/mol. The number of anilines is 2. The maximum absolute atomic E-state index is 12.0. The topological polar surface area (TPSA) is 78.6 Å². The van der Waals surface area contributed by atoms with E-state index in [-0.39, 0.29) is 12.0 Å². The molecule has 5 nitrogen and oxygen atoms in total. The molecule has 1 aliphatic carbocycles. The molecule has 1 saturated carbocycles. The lowest BCUT2D eigenvalue weighted by atomic mass is 9.82. The highest BCUT2D eigenvalue weighted by Gasteiger charge is 2.27. The Morgan fingerprint density at radius 1 is 1.47 bits per heavy atom. The Kier molecular flexibility index (Phi) is 3.95. The van der Waals surface area contributed by atoms with Crippen molar-refractivity contribution >= 4 is 17.3 Å². The number of carbonyl (C=O) groups excluding carboxylic acids is 1. The van der Waals surface area contributed by atoms with E-state index in [4.69, 9.17) is 5.73 Å². The first kappa shape index (κ1) is 13.7. The summed E-state index contributed by atoms with van der Waals surface area (Å²) < 4.78 is 0. The van der Waals surface area contributed by atoms with Gasteiger partial charge in [0.05, 0.1) is 17.5 Å². The number of aliphatic hydroxyl groups is 1. The molecule has 0 heterocycles. The molecule has 104 valence electrons. The van der Waals surface area contributed by atoms with Gasteiger partial charge in [-0.3, -0.25) is 4.79 Å². The van der Waals surface area contributed by atoms with Crippen LogP contribution in [-0.2, 0) is 0 Å². The van der Waals surface area contributed by atoms with E-state index < -0.39 is 0 Å². The van der Waals surface area contributed by atoms with Crippen LogP contribution in [-0.4, -0.2) is 37.8 Å². The average molecular weight is 263 g/mol. The van der Waals surface area contributed by atoms with Crippen LogP contribution in [0.1, 0.15) is 23.2 Å². The Bertz CT molecular complexity index is 468. The number of benzene rings is 1. The minimum Gasteiger partial charge on any atom is -0.397 e. The van der Waals surface area contributed by atoms with Gasteiger partial charge in [-0.1, -0.05) is 0 Å². The lowest BCUT2D eigenvalue weighted by molar-refractivity contribution is 0.0420. The molecule has 0 bridgehead atoms. The highest BCUT2D eigenvalue weighted by Crippen LogP contribution is 2.26. The van der Waals surface area contributed by atoms with Crippen molar-refractivity contribution in [3.8, 4) is 0 Å². The number of nitrogens with two attached hydrogens (primary N) is 1. The van der Waals surface area contributed by atoms with Crippen molar-refractivity contribution in [3.63, 3.8) is 0 Å². The molecule has 1 aliphatic rings. The summed E-state index contributed by atoms with van der Waals surface area (Å²) in [5, 5.41) is 12.1. The fraction of sp³-hybridized carbons (Fsp3) is 0.500. The third kappa shape index (κ3) is 3.17. The zero-order chi connectivity index (χ0) is 14.0. The number of hydrogen-bond donors (Lipinski definition) is 3. The summed E-state index contributed by atoms with van der Waals surface area (Å²) in [6.45, 7) is 0.616. The molecule has 2 rings (SSSR count). The second kappa shape index (κ2) is 5.48. The molecule has 0 saturated heterocycles. The van der Waals surface area contributed by atoms with E-state index in [1.165, 1.54) is 0 Å². The molecule has 0 radical (unpaired) electrons. The molecule has 0 atom stereocenters. The largest absolute Gasteiger partial charge is 0.397 e. The van der Waals surface area contributed by atoms with Crippen LogP contribution in [0.2, 0.25) is 0 Å². The number of nitrogen functional groups attached to an aromatic ring is 1. The number of hydrogen-bond acceptors (Lipinski definition) is 4. The second-order valence-corrected chi connectivity index (χ2v) is 5.37. The number of amides is 1. The monoisotopic (exact) mass is 263 g/mol. The van der Waals surface area contributed by atoms with Crippen molar-refractivity contribution in [2.45, 2.75) is 18.9 Å². The van der Waals surface area contributed by atoms with Crippen molar-refractivity contribution in [3.05, 3.63) is 23.8 Å². The highest BCUT2D eigenvalue weighted by molar-refractivity contribution is 5.96. The first-order valence-corrected chi connectivity index (χ1v) is 6.50. The minimum atomic E-state index is -0.183. The fourth-order valence-electron chi connectivity index (χ4n) is 2.31. The number of rotatable bonds is 4. The summed E-state index contributed by atoms with van der Waals surface area (Å²) in [6, 6.07) is 5.31. The fourth-order valence-corrected chi connectivity index (χ4v) is 2.31. The minimum absolute atomic E-state index is 0.113. The van der Waals surface area contributed by atoms with Crippen LogP contribution in [0.15, 0.2) is 18.2 Å². The lowest BCUT2D eigenvalue weighted by Gasteiger charge is -2.31. The Balaban J connectivity index is 1.93.